The Morgan fingerprint density at radius 2 is 1.45 bits per heavy atom. The van der Waals surface area contributed by atoms with Gasteiger partial charge in [0, 0.05) is 6.42 Å². The summed E-state index contributed by atoms with van der Waals surface area (Å²) in [5, 5.41) is 5.69. The predicted octanol–water partition coefficient (Wildman–Crippen LogP) is 4.18. The van der Waals surface area contributed by atoms with Gasteiger partial charge in [0.2, 0.25) is 0 Å². The third-order valence-corrected chi connectivity index (χ3v) is 4.66. The maximum atomic E-state index is 11.7. The molecular weight excluding hydrogens is 384 g/mol. The second-order valence-electron chi connectivity index (χ2n) is 7.86. The van der Waals surface area contributed by atoms with E-state index < -0.39 is 0 Å². The fourth-order valence-corrected chi connectivity index (χ4v) is 3.00. The molecule has 2 aromatic rings. The third kappa shape index (κ3) is 6.06. The monoisotopic (exact) mass is 410 g/mol. The van der Waals surface area contributed by atoms with Crippen LogP contribution >= 0.6 is 12.2 Å². The Morgan fingerprint density at radius 3 is 1.93 bits per heavy atom. The zero-order valence-corrected chi connectivity index (χ0v) is 17.8. The van der Waals surface area contributed by atoms with Gasteiger partial charge in [0.25, 0.3) is 5.91 Å². The first-order valence-corrected chi connectivity index (χ1v) is 10.0. The molecule has 1 fully saturated rings. The van der Waals surface area contributed by atoms with Crippen LogP contribution < -0.4 is 20.1 Å². The molecule has 0 aromatic heterocycles. The molecule has 0 radical (unpaired) electrons. The molecule has 0 spiro atoms. The van der Waals surface area contributed by atoms with Crippen LogP contribution in [0.25, 0.3) is 6.08 Å². The molecule has 6 heteroatoms. The molecule has 1 aliphatic heterocycles. The van der Waals surface area contributed by atoms with Crippen molar-refractivity contribution in [2.45, 2.75) is 32.6 Å². The highest BCUT2D eigenvalue weighted by atomic mass is 32.1. The number of nitrogens with one attached hydrogen (secondary N) is 2. The number of ether oxygens (including phenoxy) is 2. The van der Waals surface area contributed by atoms with Crippen molar-refractivity contribution < 1.29 is 14.3 Å². The van der Waals surface area contributed by atoms with Crippen LogP contribution in [0, 0.1) is 0 Å². The smallest absolute Gasteiger partial charge is 0.273 e. The summed E-state index contributed by atoms with van der Waals surface area (Å²) in [7, 11) is 0. The second kappa shape index (κ2) is 9.09. The molecule has 1 aliphatic rings. The molecule has 5 nitrogen and oxygen atoms in total. The van der Waals surface area contributed by atoms with Gasteiger partial charge in [-0.25, -0.2) is 0 Å². The van der Waals surface area contributed by atoms with Gasteiger partial charge in [0.15, 0.2) is 5.11 Å². The molecular formula is C23H26N2O3S. The SMILES string of the molecule is CC(C)(C)c1ccc(OCCCOc2ccc(/C=C3\NC(=S)NC3=O)cc2)cc1. The van der Waals surface area contributed by atoms with E-state index in [1.165, 1.54) is 5.56 Å². The van der Waals surface area contributed by atoms with Crippen LogP contribution in [0.3, 0.4) is 0 Å². The van der Waals surface area contributed by atoms with Crippen molar-refractivity contribution in [3.63, 3.8) is 0 Å². The molecule has 29 heavy (non-hydrogen) atoms. The maximum Gasteiger partial charge on any atom is 0.273 e. The first kappa shape index (κ1) is 20.9. The van der Waals surface area contributed by atoms with Crippen molar-refractivity contribution in [1.29, 1.82) is 0 Å². The minimum absolute atomic E-state index is 0.144. The number of thiocarbonyl (C=S) groups is 1. The quantitative estimate of drug-likeness (QED) is 0.407. The van der Waals surface area contributed by atoms with Crippen LogP contribution in [-0.2, 0) is 10.2 Å². The number of carbonyl (C=O) groups is 1. The Bertz CT molecular complexity index is 897. The fraction of sp³-hybridized carbons (Fsp3) is 0.304. The number of hydrogen-bond acceptors (Lipinski definition) is 4. The summed E-state index contributed by atoms with van der Waals surface area (Å²) in [5.74, 6) is 1.43. The van der Waals surface area contributed by atoms with Crippen LogP contribution in [-0.4, -0.2) is 24.2 Å². The number of rotatable bonds is 7. The van der Waals surface area contributed by atoms with E-state index in [1.54, 1.807) is 6.08 Å². The van der Waals surface area contributed by atoms with Crippen molar-refractivity contribution in [3.05, 3.63) is 65.4 Å². The van der Waals surface area contributed by atoms with Gasteiger partial charge in [0.05, 0.1) is 13.2 Å². The van der Waals surface area contributed by atoms with Crippen LogP contribution in [0.15, 0.2) is 54.2 Å². The highest BCUT2D eigenvalue weighted by Gasteiger charge is 2.19. The van der Waals surface area contributed by atoms with Crippen LogP contribution in [0.1, 0.15) is 38.3 Å². The molecule has 1 saturated heterocycles. The van der Waals surface area contributed by atoms with Crippen molar-refractivity contribution in [3.8, 4) is 11.5 Å². The predicted molar refractivity (Wildman–Crippen MR) is 119 cm³/mol. The summed E-state index contributed by atoms with van der Waals surface area (Å²) in [6.45, 7) is 7.75. The van der Waals surface area contributed by atoms with Crippen molar-refractivity contribution in [1.82, 2.24) is 10.6 Å². The molecule has 1 amide bonds. The summed E-state index contributed by atoms with van der Waals surface area (Å²) < 4.78 is 11.5. The number of hydrogen-bond donors (Lipinski definition) is 2. The lowest BCUT2D eigenvalue weighted by molar-refractivity contribution is -0.115. The van der Waals surface area contributed by atoms with Gasteiger partial charge in [0.1, 0.15) is 17.2 Å². The van der Waals surface area contributed by atoms with E-state index in [2.05, 4.69) is 43.5 Å². The Balaban J connectivity index is 1.40. The Morgan fingerprint density at radius 1 is 0.897 bits per heavy atom. The molecule has 2 aromatic carbocycles. The Labute approximate surface area is 177 Å². The zero-order valence-electron chi connectivity index (χ0n) is 17.0. The molecule has 0 bridgehead atoms. The standard InChI is InChI=1S/C23H26N2O3S/c1-23(2,3)17-7-11-19(12-8-17)28-14-4-13-27-18-9-5-16(6-10-18)15-20-21(26)25-22(29)24-20/h5-12,15H,4,13-14H2,1-3H3,(H2,24,25,26,29)/b20-15-. The van der Waals surface area contributed by atoms with Gasteiger partial charge >= 0.3 is 0 Å². The van der Waals surface area contributed by atoms with Gasteiger partial charge in [-0.2, -0.15) is 0 Å². The fourth-order valence-electron chi connectivity index (χ4n) is 2.80. The van der Waals surface area contributed by atoms with E-state index in [1.807, 2.05) is 36.4 Å². The summed E-state index contributed by atoms with van der Waals surface area (Å²) in [5.41, 5.74) is 2.77. The molecule has 0 atom stereocenters. The van der Waals surface area contributed by atoms with Crippen molar-refractivity contribution >= 4 is 29.3 Å². The average molecular weight is 411 g/mol. The number of amides is 1. The van der Waals surface area contributed by atoms with E-state index in [4.69, 9.17) is 21.7 Å². The van der Waals surface area contributed by atoms with Crippen molar-refractivity contribution in [2.24, 2.45) is 0 Å². The molecule has 0 unspecified atom stereocenters. The summed E-state index contributed by atoms with van der Waals surface area (Å²) in [6, 6.07) is 15.8. The summed E-state index contributed by atoms with van der Waals surface area (Å²) in [6.07, 6.45) is 2.53. The van der Waals surface area contributed by atoms with E-state index in [9.17, 15) is 4.79 Å². The molecule has 3 rings (SSSR count). The van der Waals surface area contributed by atoms with Crippen LogP contribution in [0.5, 0.6) is 11.5 Å². The third-order valence-electron chi connectivity index (χ3n) is 4.46. The van der Waals surface area contributed by atoms with Crippen LogP contribution in [0.2, 0.25) is 0 Å². The van der Waals surface area contributed by atoms with Gasteiger partial charge in [-0.3, -0.25) is 10.1 Å². The Hall–Kier alpha value is -2.86. The lowest BCUT2D eigenvalue weighted by atomic mass is 9.87. The van der Waals surface area contributed by atoms with Gasteiger partial charge in [-0.05, 0) is 59.1 Å². The van der Waals surface area contributed by atoms with Gasteiger partial charge in [-0.1, -0.05) is 45.0 Å². The van der Waals surface area contributed by atoms with Gasteiger partial charge < -0.3 is 14.8 Å². The van der Waals surface area contributed by atoms with Crippen molar-refractivity contribution in [2.75, 3.05) is 13.2 Å². The van der Waals surface area contributed by atoms with E-state index in [0.717, 1.165) is 23.5 Å². The molecule has 0 aliphatic carbocycles. The lowest BCUT2D eigenvalue weighted by Crippen LogP contribution is -2.21. The number of carbonyl (C=O) groups excluding carboxylic acids is 1. The lowest BCUT2D eigenvalue weighted by Gasteiger charge is -2.19. The maximum absolute atomic E-state index is 11.7. The topological polar surface area (TPSA) is 59.6 Å². The summed E-state index contributed by atoms with van der Waals surface area (Å²) >= 11 is 4.92. The minimum Gasteiger partial charge on any atom is -0.493 e. The van der Waals surface area contributed by atoms with Gasteiger partial charge in [-0.15, -0.1) is 0 Å². The molecule has 2 N–H and O–H groups in total. The van der Waals surface area contributed by atoms with E-state index in [-0.39, 0.29) is 11.3 Å². The zero-order chi connectivity index (χ0) is 20.9. The first-order chi connectivity index (χ1) is 13.8. The highest BCUT2D eigenvalue weighted by molar-refractivity contribution is 7.80. The molecule has 0 saturated carbocycles. The average Bonchev–Trinajstić information content (AvgIpc) is 2.99. The second-order valence-corrected chi connectivity index (χ2v) is 8.27. The minimum atomic E-state index is -0.219. The first-order valence-electron chi connectivity index (χ1n) is 9.61. The Kier molecular flexibility index (Phi) is 6.54. The normalized spacial score (nSPS) is 15.2. The van der Waals surface area contributed by atoms with E-state index in [0.29, 0.717) is 24.0 Å². The molecule has 1 heterocycles. The highest BCUT2D eigenvalue weighted by Crippen LogP contribution is 2.24. The summed E-state index contributed by atoms with van der Waals surface area (Å²) in [4.78, 5) is 11.7. The van der Waals surface area contributed by atoms with E-state index >= 15 is 0 Å². The largest absolute Gasteiger partial charge is 0.493 e. The van der Waals surface area contributed by atoms with Crippen LogP contribution in [0.4, 0.5) is 0 Å². The number of benzene rings is 2. The molecule has 152 valence electrons.